The molecule has 0 saturated carbocycles. The van der Waals surface area contributed by atoms with E-state index in [-0.39, 0.29) is 6.04 Å². The van der Waals surface area contributed by atoms with Gasteiger partial charge in [-0.3, -0.25) is 4.79 Å². The molecule has 3 nitrogen and oxygen atoms in total. The molecule has 1 heterocycles. The molecule has 0 aliphatic carbocycles. The lowest BCUT2D eigenvalue weighted by Crippen LogP contribution is -2.35. The molecular formula is C7H13NO2. The summed E-state index contributed by atoms with van der Waals surface area (Å²) < 4.78 is 0. The van der Waals surface area contributed by atoms with Crippen LogP contribution in [0.4, 0.5) is 0 Å². The largest absolute Gasteiger partial charge is 0.480 e. The first-order valence-electron chi connectivity index (χ1n) is 3.72. The molecule has 0 bridgehead atoms. The molecule has 58 valence electrons. The van der Waals surface area contributed by atoms with E-state index in [0.29, 0.717) is 5.92 Å². The summed E-state index contributed by atoms with van der Waals surface area (Å²) in [4.78, 5) is 10.5. The van der Waals surface area contributed by atoms with Crippen LogP contribution in [0.2, 0.25) is 0 Å². The summed E-state index contributed by atoms with van der Waals surface area (Å²) in [6.07, 6.45) is 1.97. The lowest BCUT2D eigenvalue weighted by Gasteiger charge is -2.11. The Kier molecular flexibility index (Phi) is 2.27. The third-order valence-corrected chi connectivity index (χ3v) is 2.14. The van der Waals surface area contributed by atoms with Crippen LogP contribution in [-0.4, -0.2) is 23.7 Å². The summed E-state index contributed by atoms with van der Waals surface area (Å²) in [5, 5.41) is 11.6. The molecule has 0 amide bonds. The van der Waals surface area contributed by atoms with Gasteiger partial charge in [0.05, 0.1) is 0 Å². The molecule has 0 aromatic rings. The highest BCUT2D eigenvalue weighted by atomic mass is 16.4. The monoisotopic (exact) mass is 143 g/mol. The Labute approximate surface area is 60.4 Å². The second-order valence-electron chi connectivity index (χ2n) is 2.73. The summed E-state index contributed by atoms with van der Waals surface area (Å²) in [6.45, 7) is 2.89. The van der Waals surface area contributed by atoms with E-state index in [1.807, 2.05) is 6.92 Å². The van der Waals surface area contributed by atoms with Gasteiger partial charge in [-0.05, 0) is 18.9 Å². The van der Waals surface area contributed by atoms with Crippen molar-refractivity contribution < 1.29 is 9.90 Å². The highest BCUT2D eigenvalue weighted by Gasteiger charge is 2.30. The highest BCUT2D eigenvalue weighted by molar-refractivity contribution is 5.74. The predicted octanol–water partition coefficient (Wildman–Crippen LogP) is 0.459. The molecule has 10 heavy (non-hydrogen) atoms. The number of hydrogen-bond acceptors (Lipinski definition) is 2. The maximum Gasteiger partial charge on any atom is 0.320 e. The Bertz CT molecular complexity index is 136. The number of nitrogens with one attached hydrogen (secondary N) is 1. The van der Waals surface area contributed by atoms with Crippen LogP contribution in [0.3, 0.4) is 0 Å². The molecule has 1 rings (SSSR count). The summed E-state index contributed by atoms with van der Waals surface area (Å²) in [5.74, 6) is -0.359. The molecule has 1 aliphatic rings. The van der Waals surface area contributed by atoms with Crippen LogP contribution in [0.1, 0.15) is 19.8 Å². The maximum absolute atomic E-state index is 10.5. The number of carbonyl (C=O) groups is 1. The molecule has 0 radical (unpaired) electrons. The van der Waals surface area contributed by atoms with Crippen molar-refractivity contribution in [2.24, 2.45) is 5.92 Å². The van der Waals surface area contributed by atoms with E-state index in [2.05, 4.69) is 5.32 Å². The number of carboxylic acids is 1. The smallest absolute Gasteiger partial charge is 0.320 e. The Morgan fingerprint density at radius 3 is 2.90 bits per heavy atom. The molecule has 2 atom stereocenters. The molecule has 2 N–H and O–H groups in total. The van der Waals surface area contributed by atoms with Gasteiger partial charge in [0.2, 0.25) is 0 Å². The van der Waals surface area contributed by atoms with Gasteiger partial charge in [-0.2, -0.15) is 0 Å². The van der Waals surface area contributed by atoms with Crippen LogP contribution >= 0.6 is 0 Å². The first kappa shape index (κ1) is 7.54. The fraction of sp³-hybridized carbons (Fsp3) is 0.857. The minimum absolute atomic E-state index is 0.287. The minimum atomic E-state index is -0.704. The first-order chi connectivity index (χ1) is 4.75. The van der Waals surface area contributed by atoms with Crippen molar-refractivity contribution in [3.8, 4) is 0 Å². The second kappa shape index (κ2) is 3.01. The van der Waals surface area contributed by atoms with Crippen LogP contribution < -0.4 is 5.32 Å². The SMILES string of the molecule is CC[C@H]1CCN[C@H]1C(=O)O. The van der Waals surface area contributed by atoms with Crippen LogP contribution in [0, 0.1) is 5.92 Å². The van der Waals surface area contributed by atoms with Crippen molar-refractivity contribution in [1.29, 1.82) is 0 Å². The third kappa shape index (κ3) is 1.29. The molecule has 0 unspecified atom stereocenters. The Morgan fingerprint density at radius 2 is 2.50 bits per heavy atom. The van der Waals surface area contributed by atoms with Crippen molar-refractivity contribution in [3.05, 3.63) is 0 Å². The molecule has 0 aromatic heterocycles. The van der Waals surface area contributed by atoms with Gasteiger partial charge in [0.15, 0.2) is 0 Å². The van der Waals surface area contributed by atoms with Gasteiger partial charge < -0.3 is 10.4 Å². The van der Waals surface area contributed by atoms with Gasteiger partial charge in [0.25, 0.3) is 0 Å². The quantitative estimate of drug-likeness (QED) is 0.590. The van der Waals surface area contributed by atoms with Gasteiger partial charge in [0.1, 0.15) is 6.04 Å². The van der Waals surface area contributed by atoms with Gasteiger partial charge >= 0.3 is 5.97 Å². The first-order valence-corrected chi connectivity index (χ1v) is 3.72. The van der Waals surface area contributed by atoms with Crippen molar-refractivity contribution >= 4 is 5.97 Å². The number of carboxylic acid groups (broad SMARTS) is 1. The van der Waals surface area contributed by atoms with E-state index in [0.717, 1.165) is 19.4 Å². The molecule has 3 heteroatoms. The topological polar surface area (TPSA) is 49.3 Å². The van der Waals surface area contributed by atoms with Crippen molar-refractivity contribution in [3.63, 3.8) is 0 Å². The molecular weight excluding hydrogens is 130 g/mol. The van der Waals surface area contributed by atoms with Crippen LogP contribution in [0.15, 0.2) is 0 Å². The van der Waals surface area contributed by atoms with Crippen LogP contribution in [0.5, 0.6) is 0 Å². The molecule has 0 spiro atoms. The predicted molar refractivity (Wildman–Crippen MR) is 37.8 cm³/mol. The number of hydrogen-bond donors (Lipinski definition) is 2. The third-order valence-electron chi connectivity index (χ3n) is 2.14. The lowest BCUT2D eigenvalue weighted by molar-refractivity contribution is -0.140. The van der Waals surface area contributed by atoms with E-state index < -0.39 is 5.97 Å². The van der Waals surface area contributed by atoms with Crippen molar-refractivity contribution in [2.45, 2.75) is 25.8 Å². The fourth-order valence-corrected chi connectivity index (χ4v) is 1.49. The lowest BCUT2D eigenvalue weighted by atomic mass is 9.98. The Morgan fingerprint density at radius 1 is 1.80 bits per heavy atom. The highest BCUT2D eigenvalue weighted by Crippen LogP contribution is 2.18. The van der Waals surface area contributed by atoms with Crippen molar-refractivity contribution in [2.75, 3.05) is 6.54 Å². The van der Waals surface area contributed by atoms with E-state index in [1.54, 1.807) is 0 Å². The average Bonchev–Trinajstić information content (AvgIpc) is 2.33. The average molecular weight is 143 g/mol. The fourth-order valence-electron chi connectivity index (χ4n) is 1.49. The summed E-state index contributed by atoms with van der Waals surface area (Å²) in [6, 6.07) is -0.287. The Balaban J connectivity index is 2.50. The van der Waals surface area contributed by atoms with E-state index in [1.165, 1.54) is 0 Å². The number of rotatable bonds is 2. The maximum atomic E-state index is 10.5. The zero-order chi connectivity index (χ0) is 7.56. The second-order valence-corrected chi connectivity index (χ2v) is 2.73. The van der Waals surface area contributed by atoms with Crippen molar-refractivity contribution in [1.82, 2.24) is 5.32 Å². The molecule has 1 aliphatic heterocycles. The summed E-state index contributed by atoms with van der Waals surface area (Å²) >= 11 is 0. The zero-order valence-electron chi connectivity index (χ0n) is 6.13. The molecule has 1 saturated heterocycles. The van der Waals surface area contributed by atoms with Crippen LogP contribution in [-0.2, 0) is 4.79 Å². The van der Waals surface area contributed by atoms with Gasteiger partial charge in [0, 0.05) is 0 Å². The standard InChI is InChI=1S/C7H13NO2/c1-2-5-3-4-8-6(5)7(9)10/h5-6,8H,2-4H2,1H3,(H,9,10)/t5-,6+/m0/s1. The minimum Gasteiger partial charge on any atom is -0.480 e. The normalized spacial score (nSPS) is 32.5. The van der Waals surface area contributed by atoms with Crippen LogP contribution in [0.25, 0.3) is 0 Å². The summed E-state index contributed by atoms with van der Waals surface area (Å²) in [7, 11) is 0. The molecule has 1 fully saturated rings. The summed E-state index contributed by atoms with van der Waals surface area (Å²) in [5.41, 5.74) is 0. The van der Waals surface area contributed by atoms with Gasteiger partial charge in [-0.15, -0.1) is 0 Å². The van der Waals surface area contributed by atoms with E-state index in [4.69, 9.17) is 5.11 Å². The number of aliphatic carboxylic acids is 1. The Hall–Kier alpha value is -0.570. The van der Waals surface area contributed by atoms with Gasteiger partial charge in [-0.1, -0.05) is 13.3 Å². The zero-order valence-corrected chi connectivity index (χ0v) is 6.13. The van der Waals surface area contributed by atoms with Gasteiger partial charge in [-0.25, -0.2) is 0 Å². The van der Waals surface area contributed by atoms with E-state index >= 15 is 0 Å². The van der Waals surface area contributed by atoms with E-state index in [9.17, 15) is 4.79 Å². The molecule has 0 aromatic carbocycles.